The quantitative estimate of drug-likeness (QED) is 0.821. The van der Waals surface area contributed by atoms with Crippen LogP contribution in [0.2, 0.25) is 5.15 Å². The van der Waals surface area contributed by atoms with E-state index >= 15 is 0 Å². The first kappa shape index (κ1) is 11.8. The molecule has 0 spiro atoms. The fourth-order valence-electron chi connectivity index (χ4n) is 1.69. The summed E-state index contributed by atoms with van der Waals surface area (Å²) in [5.41, 5.74) is 3.57. The zero-order valence-electron chi connectivity index (χ0n) is 9.86. The second-order valence-electron chi connectivity index (χ2n) is 3.74. The Bertz CT molecular complexity index is 557. The summed E-state index contributed by atoms with van der Waals surface area (Å²) < 4.78 is 5.26. The summed E-state index contributed by atoms with van der Waals surface area (Å²) in [6, 6.07) is 3.93. The molecule has 4 nitrogen and oxygen atoms in total. The fraction of sp³-hybridized carbons (Fsp3) is 0.250. The molecule has 5 heteroatoms. The molecule has 0 aliphatic rings. The summed E-state index contributed by atoms with van der Waals surface area (Å²) >= 11 is 6.01. The number of rotatable bonds is 2. The van der Waals surface area contributed by atoms with Crippen LogP contribution in [0.3, 0.4) is 0 Å². The first-order valence-electron chi connectivity index (χ1n) is 5.12. The van der Waals surface area contributed by atoms with Gasteiger partial charge in [-0.15, -0.1) is 10.2 Å². The molecule has 0 N–H and O–H groups in total. The summed E-state index contributed by atoms with van der Waals surface area (Å²) in [7, 11) is 1.65. The third kappa shape index (κ3) is 2.22. The van der Waals surface area contributed by atoms with Crippen molar-refractivity contribution >= 4 is 11.6 Å². The predicted octanol–water partition coefficient (Wildman–Crippen LogP) is 2.82. The number of benzene rings is 1. The van der Waals surface area contributed by atoms with Gasteiger partial charge in [-0.25, -0.2) is 4.98 Å². The Morgan fingerprint density at radius 1 is 1.18 bits per heavy atom. The molecule has 0 atom stereocenters. The maximum Gasteiger partial charge on any atom is 0.159 e. The van der Waals surface area contributed by atoms with Gasteiger partial charge in [0.05, 0.1) is 7.11 Å². The minimum atomic E-state index is 0.354. The molecule has 17 heavy (non-hydrogen) atoms. The topological polar surface area (TPSA) is 47.9 Å². The number of methoxy groups -OCH3 is 1. The van der Waals surface area contributed by atoms with Gasteiger partial charge in [-0.2, -0.15) is 0 Å². The summed E-state index contributed by atoms with van der Waals surface area (Å²) in [5, 5.41) is 8.13. The number of hydrogen-bond acceptors (Lipinski definition) is 4. The van der Waals surface area contributed by atoms with Gasteiger partial charge in [-0.3, -0.25) is 0 Å². The average Bonchev–Trinajstić information content (AvgIpc) is 2.32. The normalized spacial score (nSPS) is 10.4. The standard InChI is InChI=1S/C12H12ClN3O/c1-7-5-10(17-3)8(2)4-9(7)11-12(13)14-6-15-16-11/h4-6H,1-3H3. The van der Waals surface area contributed by atoms with Crippen LogP contribution in [0.25, 0.3) is 11.3 Å². The van der Waals surface area contributed by atoms with Gasteiger partial charge in [0.15, 0.2) is 5.15 Å². The van der Waals surface area contributed by atoms with Crippen molar-refractivity contribution in [2.45, 2.75) is 13.8 Å². The lowest BCUT2D eigenvalue weighted by molar-refractivity contribution is 0.411. The number of aromatic nitrogens is 3. The Hall–Kier alpha value is -1.68. The van der Waals surface area contributed by atoms with Crippen molar-refractivity contribution in [3.05, 3.63) is 34.7 Å². The Labute approximate surface area is 105 Å². The Morgan fingerprint density at radius 2 is 1.94 bits per heavy atom. The average molecular weight is 250 g/mol. The van der Waals surface area contributed by atoms with Crippen molar-refractivity contribution in [3.63, 3.8) is 0 Å². The second-order valence-corrected chi connectivity index (χ2v) is 4.09. The van der Waals surface area contributed by atoms with E-state index in [0.717, 1.165) is 22.4 Å². The molecule has 0 fully saturated rings. The minimum Gasteiger partial charge on any atom is -0.496 e. The first-order chi connectivity index (χ1) is 8.13. The predicted molar refractivity (Wildman–Crippen MR) is 66.3 cm³/mol. The van der Waals surface area contributed by atoms with E-state index in [9.17, 15) is 0 Å². The summed E-state index contributed by atoms with van der Waals surface area (Å²) in [6.45, 7) is 3.95. The molecule has 2 rings (SSSR count). The van der Waals surface area contributed by atoms with Gasteiger partial charge in [0.2, 0.25) is 0 Å². The van der Waals surface area contributed by atoms with Crippen LogP contribution in [-0.4, -0.2) is 22.3 Å². The summed E-state index contributed by atoms with van der Waals surface area (Å²) in [5.74, 6) is 0.847. The number of aryl methyl sites for hydroxylation is 2. The van der Waals surface area contributed by atoms with Gasteiger partial charge in [-0.1, -0.05) is 11.6 Å². The van der Waals surface area contributed by atoms with Crippen LogP contribution >= 0.6 is 11.6 Å². The van der Waals surface area contributed by atoms with Crippen molar-refractivity contribution in [3.8, 4) is 17.0 Å². The lowest BCUT2D eigenvalue weighted by atomic mass is 10.0. The van der Waals surface area contributed by atoms with Gasteiger partial charge < -0.3 is 4.74 Å². The molecule has 1 aromatic heterocycles. The van der Waals surface area contributed by atoms with Crippen LogP contribution in [-0.2, 0) is 0 Å². The maximum atomic E-state index is 6.01. The number of ether oxygens (including phenoxy) is 1. The fourth-order valence-corrected chi connectivity index (χ4v) is 1.88. The molecule has 2 aromatic rings. The Balaban J connectivity index is 2.61. The Morgan fingerprint density at radius 3 is 2.59 bits per heavy atom. The monoisotopic (exact) mass is 249 g/mol. The Kier molecular flexibility index (Phi) is 3.24. The molecule has 0 amide bonds. The third-order valence-corrected chi connectivity index (χ3v) is 2.85. The maximum absolute atomic E-state index is 6.01. The van der Waals surface area contributed by atoms with Crippen molar-refractivity contribution in [1.82, 2.24) is 15.2 Å². The molecule has 0 aliphatic heterocycles. The van der Waals surface area contributed by atoms with Crippen LogP contribution in [0.1, 0.15) is 11.1 Å². The smallest absolute Gasteiger partial charge is 0.159 e. The molecule has 0 saturated heterocycles. The van der Waals surface area contributed by atoms with E-state index in [1.807, 2.05) is 26.0 Å². The molecule has 1 heterocycles. The SMILES string of the molecule is COc1cc(C)c(-c2nncnc2Cl)cc1C. The van der Waals surface area contributed by atoms with E-state index < -0.39 is 0 Å². The molecule has 1 aromatic carbocycles. The van der Waals surface area contributed by atoms with Crippen molar-refractivity contribution in [1.29, 1.82) is 0 Å². The summed E-state index contributed by atoms with van der Waals surface area (Å²) in [6.07, 6.45) is 1.33. The molecule has 0 radical (unpaired) electrons. The van der Waals surface area contributed by atoms with Gasteiger partial charge >= 0.3 is 0 Å². The lowest BCUT2D eigenvalue weighted by Gasteiger charge is -2.10. The molecule has 0 saturated carbocycles. The van der Waals surface area contributed by atoms with Crippen LogP contribution in [0.5, 0.6) is 5.75 Å². The van der Waals surface area contributed by atoms with Gasteiger partial charge in [0, 0.05) is 5.56 Å². The highest BCUT2D eigenvalue weighted by atomic mass is 35.5. The zero-order chi connectivity index (χ0) is 12.4. The van der Waals surface area contributed by atoms with Crippen LogP contribution < -0.4 is 4.74 Å². The van der Waals surface area contributed by atoms with Gasteiger partial charge in [0.25, 0.3) is 0 Å². The van der Waals surface area contributed by atoms with E-state index in [1.165, 1.54) is 6.33 Å². The van der Waals surface area contributed by atoms with Crippen molar-refractivity contribution in [2.75, 3.05) is 7.11 Å². The highest BCUT2D eigenvalue weighted by Gasteiger charge is 2.12. The second kappa shape index (κ2) is 4.67. The van der Waals surface area contributed by atoms with Crippen LogP contribution in [0, 0.1) is 13.8 Å². The molecule has 0 aliphatic carbocycles. The highest BCUT2D eigenvalue weighted by molar-refractivity contribution is 6.31. The number of hydrogen-bond donors (Lipinski definition) is 0. The van der Waals surface area contributed by atoms with E-state index in [1.54, 1.807) is 7.11 Å². The summed E-state index contributed by atoms with van der Waals surface area (Å²) in [4.78, 5) is 3.93. The largest absolute Gasteiger partial charge is 0.496 e. The molecular formula is C12H12ClN3O. The van der Waals surface area contributed by atoms with E-state index in [2.05, 4.69) is 15.2 Å². The molecule has 0 unspecified atom stereocenters. The lowest BCUT2D eigenvalue weighted by Crippen LogP contribution is -1.96. The van der Waals surface area contributed by atoms with Crippen molar-refractivity contribution in [2.24, 2.45) is 0 Å². The highest BCUT2D eigenvalue weighted by Crippen LogP contribution is 2.31. The number of nitrogens with zero attached hydrogens (tertiary/aromatic N) is 3. The number of halogens is 1. The molecule has 88 valence electrons. The van der Waals surface area contributed by atoms with E-state index in [4.69, 9.17) is 16.3 Å². The van der Waals surface area contributed by atoms with Gasteiger partial charge in [-0.05, 0) is 37.1 Å². The zero-order valence-corrected chi connectivity index (χ0v) is 10.6. The molecular weight excluding hydrogens is 238 g/mol. The minimum absolute atomic E-state index is 0.354. The van der Waals surface area contributed by atoms with Crippen LogP contribution in [0.4, 0.5) is 0 Å². The molecule has 0 bridgehead atoms. The van der Waals surface area contributed by atoms with Crippen LogP contribution in [0.15, 0.2) is 18.5 Å². The first-order valence-corrected chi connectivity index (χ1v) is 5.50. The third-order valence-electron chi connectivity index (χ3n) is 2.57. The van der Waals surface area contributed by atoms with E-state index in [0.29, 0.717) is 10.8 Å². The van der Waals surface area contributed by atoms with E-state index in [-0.39, 0.29) is 0 Å². The van der Waals surface area contributed by atoms with Crippen molar-refractivity contribution < 1.29 is 4.74 Å². The van der Waals surface area contributed by atoms with Gasteiger partial charge in [0.1, 0.15) is 17.8 Å².